The number of nitrogens with one attached hydrogen (secondary N) is 1. The molecule has 6 heteroatoms. The number of hydrogen-bond donors (Lipinski definition) is 1. The summed E-state index contributed by atoms with van der Waals surface area (Å²) in [4.78, 5) is 23.8. The second kappa shape index (κ2) is 7.64. The third-order valence-electron chi connectivity index (χ3n) is 1.73. The first-order valence-corrected chi connectivity index (χ1v) is 5.55. The lowest BCUT2D eigenvalue weighted by atomic mass is 10.4. The Balaban J connectivity index is 3.81. The van der Waals surface area contributed by atoms with Crippen molar-refractivity contribution in [2.75, 3.05) is 33.9 Å². The summed E-state index contributed by atoms with van der Waals surface area (Å²) in [6.45, 7) is 2.72. The van der Waals surface area contributed by atoms with E-state index in [0.717, 1.165) is 0 Å². The van der Waals surface area contributed by atoms with Gasteiger partial charge in [0.1, 0.15) is 0 Å². The van der Waals surface area contributed by atoms with Crippen molar-refractivity contribution < 1.29 is 14.3 Å². The molecule has 1 N–H and O–H groups in total. The molecule has 0 aliphatic rings. The van der Waals surface area contributed by atoms with Crippen LogP contribution in [0.3, 0.4) is 0 Å². The van der Waals surface area contributed by atoms with Crippen LogP contribution in [0.15, 0.2) is 0 Å². The minimum atomic E-state index is -0.269. The maximum atomic E-state index is 11.4. The first-order chi connectivity index (χ1) is 6.99. The maximum absolute atomic E-state index is 11.4. The lowest BCUT2D eigenvalue weighted by Crippen LogP contribution is -2.41. The van der Waals surface area contributed by atoms with Crippen molar-refractivity contribution >= 4 is 27.7 Å². The average Bonchev–Trinajstić information content (AvgIpc) is 2.16. The Morgan fingerprint density at radius 3 is 2.60 bits per heavy atom. The molecule has 0 aliphatic heterocycles. The molecule has 2 amide bonds. The zero-order chi connectivity index (χ0) is 11.8. The summed E-state index contributed by atoms with van der Waals surface area (Å²) in [5.74, 6) is -0.298. The molecule has 0 aliphatic carbocycles. The molecule has 88 valence electrons. The van der Waals surface area contributed by atoms with Crippen molar-refractivity contribution in [3.05, 3.63) is 0 Å². The summed E-state index contributed by atoms with van der Waals surface area (Å²) in [6, 6.07) is 0. The number of alkyl halides is 1. The number of ether oxygens (including phenoxy) is 1. The molecular weight excluding hydrogens is 264 g/mol. The second-order valence-electron chi connectivity index (χ2n) is 3.15. The van der Waals surface area contributed by atoms with E-state index in [1.165, 1.54) is 4.90 Å². The topological polar surface area (TPSA) is 58.6 Å². The molecule has 0 fully saturated rings. The van der Waals surface area contributed by atoms with Gasteiger partial charge in [-0.1, -0.05) is 15.9 Å². The smallest absolute Gasteiger partial charge is 0.239 e. The molecule has 0 saturated carbocycles. The van der Waals surface area contributed by atoms with E-state index in [-0.39, 0.29) is 23.2 Å². The van der Waals surface area contributed by atoms with E-state index < -0.39 is 0 Å². The normalized spacial score (nSPS) is 12.0. The fraction of sp³-hybridized carbons (Fsp3) is 0.778. The van der Waals surface area contributed by atoms with Gasteiger partial charge in [0.15, 0.2) is 0 Å². The Labute approximate surface area is 98.3 Å². The van der Waals surface area contributed by atoms with Crippen LogP contribution in [-0.2, 0) is 14.3 Å². The number of methoxy groups -OCH3 is 1. The minimum Gasteiger partial charge on any atom is -0.383 e. The van der Waals surface area contributed by atoms with Crippen LogP contribution in [-0.4, -0.2) is 55.4 Å². The molecule has 0 bridgehead atoms. The Bertz CT molecular complexity index is 221. The number of rotatable bonds is 6. The number of carbonyl (C=O) groups excluding carboxylic acids is 2. The molecule has 0 rings (SSSR count). The monoisotopic (exact) mass is 280 g/mol. The van der Waals surface area contributed by atoms with Gasteiger partial charge in [-0.3, -0.25) is 9.59 Å². The van der Waals surface area contributed by atoms with Gasteiger partial charge in [0.25, 0.3) is 0 Å². The predicted octanol–water partition coefficient (Wildman–Crippen LogP) is -0.00920. The molecule has 0 saturated heterocycles. The van der Waals surface area contributed by atoms with Crippen molar-refractivity contribution in [2.24, 2.45) is 0 Å². The van der Waals surface area contributed by atoms with Crippen molar-refractivity contribution in [3.8, 4) is 0 Å². The van der Waals surface area contributed by atoms with Crippen LogP contribution < -0.4 is 5.32 Å². The Hall–Kier alpha value is -0.620. The van der Waals surface area contributed by atoms with E-state index in [1.54, 1.807) is 21.1 Å². The summed E-state index contributed by atoms with van der Waals surface area (Å²) >= 11 is 3.15. The first-order valence-electron chi connectivity index (χ1n) is 4.63. The Morgan fingerprint density at radius 2 is 2.13 bits per heavy atom. The summed E-state index contributed by atoms with van der Waals surface area (Å²) in [7, 11) is 3.16. The lowest BCUT2D eigenvalue weighted by molar-refractivity contribution is -0.134. The number of nitrogens with zero attached hydrogens (tertiary/aromatic N) is 1. The molecular formula is C9H17BrN2O3. The van der Waals surface area contributed by atoms with Crippen molar-refractivity contribution in [3.63, 3.8) is 0 Å². The van der Waals surface area contributed by atoms with Gasteiger partial charge >= 0.3 is 0 Å². The highest BCUT2D eigenvalue weighted by molar-refractivity contribution is 9.10. The quantitative estimate of drug-likeness (QED) is 0.550. The van der Waals surface area contributed by atoms with Crippen LogP contribution >= 0.6 is 15.9 Å². The fourth-order valence-electron chi connectivity index (χ4n) is 0.945. The van der Waals surface area contributed by atoms with E-state index in [2.05, 4.69) is 21.2 Å². The summed E-state index contributed by atoms with van der Waals surface area (Å²) in [6.07, 6.45) is 0. The summed E-state index contributed by atoms with van der Waals surface area (Å²) in [5, 5.41) is 2.64. The van der Waals surface area contributed by atoms with Gasteiger partial charge in [0, 0.05) is 20.7 Å². The zero-order valence-corrected chi connectivity index (χ0v) is 10.8. The highest BCUT2D eigenvalue weighted by Crippen LogP contribution is 2.01. The highest BCUT2D eigenvalue weighted by Gasteiger charge is 2.16. The molecule has 0 radical (unpaired) electrons. The maximum Gasteiger partial charge on any atom is 0.239 e. The van der Waals surface area contributed by atoms with Gasteiger partial charge in [-0.15, -0.1) is 0 Å². The molecule has 15 heavy (non-hydrogen) atoms. The fourth-order valence-corrected chi connectivity index (χ4v) is 1.29. The number of carbonyl (C=O) groups is 2. The van der Waals surface area contributed by atoms with Gasteiger partial charge in [-0.05, 0) is 6.92 Å². The van der Waals surface area contributed by atoms with Gasteiger partial charge in [-0.25, -0.2) is 0 Å². The Morgan fingerprint density at radius 1 is 1.53 bits per heavy atom. The van der Waals surface area contributed by atoms with E-state index >= 15 is 0 Å². The second-order valence-corrected chi connectivity index (χ2v) is 4.53. The first kappa shape index (κ1) is 14.4. The molecule has 1 unspecified atom stereocenters. The van der Waals surface area contributed by atoms with Crippen LogP contribution in [0.2, 0.25) is 0 Å². The van der Waals surface area contributed by atoms with Crippen LogP contribution in [0.1, 0.15) is 6.92 Å². The summed E-state index contributed by atoms with van der Waals surface area (Å²) in [5.41, 5.74) is 0. The summed E-state index contributed by atoms with van der Waals surface area (Å²) < 4.78 is 4.78. The molecule has 0 heterocycles. The molecule has 0 aromatic heterocycles. The predicted molar refractivity (Wildman–Crippen MR) is 60.9 cm³/mol. The molecule has 0 aromatic rings. The Kier molecular flexibility index (Phi) is 7.33. The van der Waals surface area contributed by atoms with Crippen LogP contribution in [0.4, 0.5) is 0 Å². The third-order valence-corrected chi connectivity index (χ3v) is 2.12. The zero-order valence-electron chi connectivity index (χ0n) is 9.25. The molecule has 1 atom stereocenters. The lowest BCUT2D eigenvalue weighted by Gasteiger charge is -2.17. The SMILES string of the molecule is COCCNC(=O)CN(C)C(=O)C(C)Br. The minimum absolute atomic E-state index is 0.0679. The van der Waals surface area contributed by atoms with Crippen molar-refractivity contribution in [1.29, 1.82) is 0 Å². The van der Waals surface area contributed by atoms with Crippen molar-refractivity contribution in [2.45, 2.75) is 11.8 Å². The molecule has 0 aromatic carbocycles. The van der Waals surface area contributed by atoms with Crippen LogP contribution in [0.5, 0.6) is 0 Å². The van der Waals surface area contributed by atoms with Crippen LogP contribution in [0, 0.1) is 0 Å². The van der Waals surface area contributed by atoms with Gasteiger partial charge in [0.2, 0.25) is 11.8 Å². The highest BCUT2D eigenvalue weighted by atomic mass is 79.9. The average molecular weight is 281 g/mol. The van der Waals surface area contributed by atoms with Crippen molar-refractivity contribution in [1.82, 2.24) is 10.2 Å². The number of amides is 2. The van der Waals surface area contributed by atoms with Gasteiger partial charge < -0.3 is 15.0 Å². The largest absolute Gasteiger partial charge is 0.383 e. The van der Waals surface area contributed by atoms with Crippen LogP contribution in [0.25, 0.3) is 0 Å². The van der Waals surface area contributed by atoms with E-state index in [9.17, 15) is 9.59 Å². The third kappa shape index (κ3) is 6.46. The number of hydrogen-bond acceptors (Lipinski definition) is 3. The van der Waals surface area contributed by atoms with E-state index in [4.69, 9.17) is 4.74 Å². The van der Waals surface area contributed by atoms with E-state index in [1.807, 2.05) is 0 Å². The number of likely N-dealkylation sites (N-methyl/N-ethyl adjacent to an activating group) is 1. The van der Waals surface area contributed by atoms with Gasteiger partial charge in [-0.2, -0.15) is 0 Å². The van der Waals surface area contributed by atoms with Gasteiger partial charge in [0.05, 0.1) is 18.0 Å². The standard InChI is InChI=1S/C9H17BrN2O3/c1-7(10)9(14)12(2)6-8(13)11-4-5-15-3/h7H,4-6H2,1-3H3,(H,11,13). The number of halogens is 1. The molecule has 0 spiro atoms. The van der Waals surface area contributed by atoms with E-state index in [0.29, 0.717) is 13.2 Å². The molecule has 5 nitrogen and oxygen atoms in total.